The van der Waals surface area contributed by atoms with Crippen molar-refractivity contribution in [1.82, 2.24) is 4.90 Å². The molecule has 0 aliphatic carbocycles. The van der Waals surface area contributed by atoms with Gasteiger partial charge in [-0.05, 0) is 51.0 Å². The minimum Gasteiger partial charge on any atom is -0.490 e. The Hall–Kier alpha value is -3.22. The van der Waals surface area contributed by atoms with Gasteiger partial charge in [-0.15, -0.1) is 0 Å². The van der Waals surface area contributed by atoms with Gasteiger partial charge in [0.25, 0.3) is 5.91 Å². The van der Waals surface area contributed by atoms with Crippen LogP contribution >= 0.6 is 0 Å². The Morgan fingerprint density at radius 3 is 2.20 bits per heavy atom. The molecule has 0 saturated carbocycles. The number of rotatable bonds is 10. The van der Waals surface area contributed by atoms with E-state index < -0.39 is 0 Å². The lowest BCUT2D eigenvalue weighted by atomic mass is 10.1. The Bertz CT molecular complexity index is 862. The second-order valence-electron chi connectivity index (χ2n) is 6.84. The van der Waals surface area contributed by atoms with E-state index >= 15 is 0 Å². The number of para-hydroxylation sites is 1. The molecular formula is C23H30N2O5. The van der Waals surface area contributed by atoms with Gasteiger partial charge >= 0.3 is 0 Å². The molecule has 2 rings (SSSR count). The molecule has 0 spiro atoms. The maximum atomic E-state index is 12.4. The Morgan fingerprint density at radius 1 is 0.933 bits per heavy atom. The molecule has 0 atom stereocenters. The molecule has 0 bridgehead atoms. The van der Waals surface area contributed by atoms with E-state index in [-0.39, 0.29) is 25.0 Å². The Balaban J connectivity index is 1.92. The van der Waals surface area contributed by atoms with Crippen LogP contribution in [0.25, 0.3) is 0 Å². The summed E-state index contributed by atoms with van der Waals surface area (Å²) >= 11 is 0. The molecule has 2 amide bonds. The van der Waals surface area contributed by atoms with Gasteiger partial charge in [0.1, 0.15) is 5.75 Å². The van der Waals surface area contributed by atoms with Crippen LogP contribution in [0.1, 0.15) is 25.0 Å². The SMILES string of the molecule is CCOc1ccc(NC(=O)CN(C)C(=O)COc2c(C)cccc2C)cc1OCC. The second-order valence-corrected chi connectivity index (χ2v) is 6.84. The van der Waals surface area contributed by atoms with Gasteiger partial charge in [0.15, 0.2) is 18.1 Å². The molecule has 162 valence electrons. The molecule has 0 saturated heterocycles. The standard InChI is InChI=1S/C23H30N2O5/c1-6-28-19-12-11-18(13-20(19)29-7-2)24-21(26)14-25(5)22(27)15-30-23-16(3)9-8-10-17(23)4/h8-13H,6-7,14-15H2,1-5H3,(H,24,26). The van der Waals surface area contributed by atoms with Crippen LogP contribution in [0.5, 0.6) is 17.2 Å². The molecule has 7 nitrogen and oxygen atoms in total. The summed E-state index contributed by atoms with van der Waals surface area (Å²) in [5.74, 6) is 1.28. The summed E-state index contributed by atoms with van der Waals surface area (Å²) in [6.07, 6.45) is 0. The fraction of sp³-hybridized carbons (Fsp3) is 0.391. The monoisotopic (exact) mass is 414 g/mol. The van der Waals surface area contributed by atoms with E-state index in [0.29, 0.717) is 36.1 Å². The van der Waals surface area contributed by atoms with Gasteiger partial charge in [0.05, 0.1) is 19.8 Å². The van der Waals surface area contributed by atoms with Crippen molar-refractivity contribution in [3.63, 3.8) is 0 Å². The third kappa shape index (κ3) is 6.40. The molecule has 0 heterocycles. The zero-order chi connectivity index (χ0) is 22.1. The number of amides is 2. The number of ether oxygens (including phenoxy) is 3. The quantitative estimate of drug-likeness (QED) is 0.643. The molecule has 1 N–H and O–H groups in total. The molecule has 0 aliphatic rings. The molecule has 2 aromatic rings. The molecule has 0 aromatic heterocycles. The predicted octanol–water partition coefficient (Wildman–Crippen LogP) is 3.58. The van der Waals surface area contributed by atoms with Crippen LogP contribution < -0.4 is 19.5 Å². The van der Waals surface area contributed by atoms with Crippen LogP contribution in [0, 0.1) is 13.8 Å². The van der Waals surface area contributed by atoms with Crippen molar-refractivity contribution in [2.75, 3.05) is 38.7 Å². The van der Waals surface area contributed by atoms with Crippen LogP contribution in [-0.2, 0) is 9.59 Å². The van der Waals surface area contributed by atoms with Gasteiger partial charge < -0.3 is 24.4 Å². The largest absolute Gasteiger partial charge is 0.490 e. The minimum absolute atomic E-state index is 0.0911. The van der Waals surface area contributed by atoms with Crippen molar-refractivity contribution in [3.05, 3.63) is 47.5 Å². The van der Waals surface area contributed by atoms with E-state index in [1.165, 1.54) is 4.90 Å². The average Bonchev–Trinajstić information content (AvgIpc) is 2.69. The molecule has 2 aromatic carbocycles. The Kier molecular flexibility index (Phi) is 8.53. The molecular weight excluding hydrogens is 384 g/mol. The molecule has 7 heteroatoms. The lowest BCUT2D eigenvalue weighted by molar-refractivity contribution is -0.135. The maximum Gasteiger partial charge on any atom is 0.260 e. The van der Waals surface area contributed by atoms with Gasteiger partial charge in [-0.3, -0.25) is 9.59 Å². The first-order valence-electron chi connectivity index (χ1n) is 9.98. The minimum atomic E-state index is -0.315. The first kappa shape index (κ1) is 23.1. The van der Waals surface area contributed by atoms with Gasteiger partial charge in [-0.2, -0.15) is 0 Å². The zero-order valence-corrected chi connectivity index (χ0v) is 18.3. The summed E-state index contributed by atoms with van der Waals surface area (Å²) in [4.78, 5) is 26.1. The van der Waals surface area contributed by atoms with Crippen LogP contribution in [0.15, 0.2) is 36.4 Å². The number of hydrogen-bond acceptors (Lipinski definition) is 5. The highest BCUT2D eigenvalue weighted by molar-refractivity contribution is 5.94. The average molecular weight is 415 g/mol. The zero-order valence-electron chi connectivity index (χ0n) is 18.3. The summed E-state index contributed by atoms with van der Waals surface area (Å²) < 4.78 is 16.8. The topological polar surface area (TPSA) is 77.1 Å². The maximum absolute atomic E-state index is 12.4. The fourth-order valence-electron chi connectivity index (χ4n) is 2.90. The van der Waals surface area contributed by atoms with E-state index in [1.54, 1.807) is 25.2 Å². The number of nitrogens with zero attached hydrogens (tertiary/aromatic N) is 1. The number of carbonyl (C=O) groups is 2. The predicted molar refractivity (Wildman–Crippen MR) is 116 cm³/mol. The van der Waals surface area contributed by atoms with Gasteiger partial charge in [-0.1, -0.05) is 18.2 Å². The number of anilines is 1. The molecule has 30 heavy (non-hydrogen) atoms. The molecule has 0 fully saturated rings. The highest BCUT2D eigenvalue weighted by atomic mass is 16.5. The van der Waals surface area contributed by atoms with Crippen molar-refractivity contribution >= 4 is 17.5 Å². The van der Waals surface area contributed by atoms with Crippen molar-refractivity contribution < 1.29 is 23.8 Å². The van der Waals surface area contributed by atoms with E-state index in [2.05, 4.69) is 5.32 Å². The smallest absolute Gasteiger partial charge is 0.260 e. The van der Waals surface area contributed by atoms with Gasteiger partial charge in [0.2, 0.25) is 5.91 Å². The molecule has 0 radical (unpaired) electrons. The lowest BCUT2D eigenvalue weighted by Gasteiger charge is -2.19. The summed E-state index contributed by atoms with van der Waals surface area (Å²) in [6.45, 7) is 8.40. The summed E-state index contributed by atoms with van der Waals surface area (Å²) in [7, 11) is 1.57. The highest BCUT2D eigenvalue weighted by Crippen LogP contribution is 2.30. The Morgan fingerprint density at radius 2 is 1.57 bits per heavy atom. The first-order chi connectivity index (χ1) is 14.3. The summed E-state index contributed by atoms with van der Waals surface area (Å²) in [5, 5.41) is 2.78. The number of likely N-dealkylation sites (N-methyl/N-ethyl adjacent to an activating group) is 1. The lowest BCUT2D eigenvalue weighted by Crippen LogP contribution is -2.37. The number of carbonyl (C=O) groups excluding carboxylic acids is 2. The number of aryl methyl sites for hydroxylation is 2. The normalized spacial score (nSPS) is 10.3. The van der Waals surface area contributed by atoms with Crippen molar-refractivity contribution in [3.8, 4) is 17.2 Å². The van der Waals surface area contributed by atoms with E-state index in [9.17, 15) is 9.59 Å². The first-order valence-corrected chi connectivity index (χ1v) is 9.98. The third-order valence-corrected chi connectivity index (χ3v) is 4.38. The van der Waals surface area contributed by atoms with Crippen LogP contribution in [0.4, 0.5) is 5.69 Å². The number of hydrogen-bond donors (Lipinski definition) is 1. The van der Waals surface area contributed by atoms with Crippen LogP contribution in [0.2, 0.25) is 0 Å². The van der Waals surface area contributed by atoms with Gasteiger partial charge in [-0.25, -0.2) is 0 Å². The van der Waals surface area contributed by atoms with Crippen molar-refractivity contribution in [2.45, 2.75) is 27.7 Å². The van der Waals surface area contributed by atoms with Crippen molar-refractivity contribution in [2.24, 2.45) is 0 Å². The summed E-state index contributed by atoms with van der Waals surface area (Å²) in [6, 6.07) is 11.0. The van der Waals surface area contributed by atoms with Crippen LogP contribution in [-0.4, -0.2) is 50.1 Å². The van der Waals surface area contributed by atoms with E-state index in [4.69, 9.17) is 14.2 Å². The Labute approximate surface area is 177 Å². The van der Waals surface area contributed by atoms with Gasteiger partial charge in [0, 0.05) is 18.8 Å². The van der Waals surface area contributed by atoms with E-state index in [0.717, 1.165) is 11.1 Å². The summed E-state index contributed by atoms with van der Waals surface area (Å²) in [5.41, 5.74) is 2.49. The van der Waals surface area contributed by atoms with E-state index in [1.807, 2.05) is 45.9 Å². The number of benzene rings is 2. The second kappa shape index (κ2) is 11.1. The van der Waals surface area contributed by atoms with Crippen molar-refractivity contribution in [1.29, 1.82) is 0 Å². The van der Waals surface area contributed by atoms with Crippen LogP contribution in [0.3, 0.4) is 0 Å². The third-order valence-electron chi connectivity index (χ3n) is 4.38. The molecule has 0 unspecified atom stereocenters. The fourth-order valence-corrected chi connectivity index (χ4v) is 2.90. The number of nitrogens with one attached hydrogen (secondary N) is 1. The highest BCUT2D eigenvalue weighted by Gasteiger charge is 2.16. The molecule has 0 aliphatic heterocycles.